The van der Waals surface area contributed by atoms with Crippen LogP contribution in [0.25, 0.3) is 16.8 Å². The van der Waals surface area contributed by atoms with Crippen LogP contribution >= 0.6 is 34.8 Å². The molecule has 2 unspecified atom stereocenters. The highest BCUT2D eigenvalue weighted by Gasteiger charge is 2.26. The van der Waals surface area contributed by atoms with E-state index in [4.69, 9.17) is 39.5 Å². The first kappa shape index (κ1) is 23.4. The van der Waals surface area contributed by atoms with Gasteiger partial charge in [-0.15, -0.1) is 0 Å². The number of aliphatic hydroxyl groups excluding tert-OH is 1. The van der Waals surface area contributed by atoms with Crippen molar-refractivity contribution >= 4 is 51.7 Å². The summed E-state index contributed by atoms with van der Waals surface area (Å²) in [5.41, 5.74) is 3.35. The van der Waals surface area contributed by atoms with Gasteiger partial charge >= 0.3 is 0 Å². The summed E-state index contributed by atoms with van der Waals surface area (Å²) in [6.07, 6.45) is 3.54. The summed E-state index contributed by atoms with van der Waals surface area (Å²) in [6, 6.07) is 15.5. The van der Waals surface area contributed by atoms with Gasteiger partial charge < -0.3 is 9.84 Å². The second-order valence-corrected chi connectivity index (χ2v) is 9.45. The number of rotatable bonds is 5. The van der Waals surface area contributed by atoms with Crippen LogP contribution in [-0.2, 0) is 0 Å². The molecule has 4 rings (SSSR count). The molecular weight excluding hydrogens is 465 g/mol. The number of ether oxygens (including phenoxy) is 1. The van der Waals surface area contributed by atoms with Crippen LogP contribution in [0.15, 0.2) is 54.1 Å². The molecule has 1 aliphatic heterocycles. The highest BCUT2D eigenvalue weighted by Crippen LogP contribution is 2.35. The second kappa shape index (κ2) is 10.0. The van der Waals surface area contributed by atoms with Crippen molar-refractivity contribution < 1.29 is 9.84 Å². The minimum Gasteiger partial charge on any atom is -0.495 e. The lowest BCUT2D eigenvalue weighted by Crippen LogP contribution is -2.41. The lowest BCUT2D eigenvalue weighted by Gasteiger charge is -2.36. The molecule has 32 heavy (non-hydrogen) atoms. The molecule has 1 heterocycles. The van der Waals surface area contributed by atoms with Gasteiger partial charge in [-0.05, 0) is 60.5 Å². The third kappa shape index (κ3) is 4.93. The van der Waals surface area contributed by atoms with Gasteiger partial charge in [0.2, 0.25) is 0 Å². The Bertz CT molecular complexity index is 1150. The van der Waals surface area contributed by atoms with Gasteiger partial charge in [0, 0.05) is 24.5 Å². The van der Waals surface area contributed by atoms with E-state index in [-0.39, 0.29) is 6.04 Å². The molecule has 6 heteroatoms. The van der Waals surface area contributed by atoms with Crippen molar-refractivity contribution in [3.63, 3.8) is 0 Å². The van der Waals surface area contributed by atoms with E-state index in [1.807, 2.05) is 48.5 Å². The monoisotopic (exact) mass is 489 g/mol. The van der Waals surface area contributed by atoms with Crippen LogP contribution in [0.1, 0.15) is 37.0 Å². The minimum atomic E-state index is -0.583. The summed E-state index contributed by atoms with van der Waals surface area (Å²) in [7, 11) is 1.61. The predicted octanol–water partition coefficient (Wildman–Crippen LogP) is 7.41. The molecule has 1 aliphatic rings. The van der Waals surface area contributed by atoms with E-state index in [9.17, 15) is 5.11 Å². The molecule has 0 amide bonds. The summed E-state index contributed by atoms with van der Waals surface area (Å²) in [5, 5.41) is 14.7. The van der Waals surface area contributed by atoms with E-state index in [2.05, 4.69) is 17.9 Å². The van der Waals surface area contributed by atoms with E-state index in [0.29, 0.717) is 20.8 Å². The zero-order valence-corrected chi connectivity index (χ0v) is 20.4. The lowest BCUT2D eigenvalue weighted by molar-refractivity contribution is 0.0535. The SMILES string of the molecule is COc1ccc2cc(C(O)C(C)N3CCC(=Cc4ccc(Cl)c(Cl)c4)CC3)ccc2c1Cl. The van der Waals surface area contributed by atoms with Gasteiger partial charge in [0.1, 0.15) is 5.75 Å². The molecule has 168 valence electrons. The number of benzene rings is 3. The summed E-state index contributed by atoms with van der Waals surface area (Å²) < 4.78 is 5.30. The topological polar surface area (TPSA) is 32.7 Å². The maximum Gasteiger partial charge on any atom is 0.138 e. The summed E-state index contributed by atoms with van der Waals surface area (Å²) in [6.45, 7) is 3.90. The van der Waals surface area contributed by atoms with E-state index < -0.39 is 6.10 Å². The first-order valence-electron chi connectivity index (χ1n) is 10.7. The molecular formula is C26H26Cl3NO2. The van der Waals surface area contributed by atoms with Crippen LogP contribution in [0.3, 0.4) is 0 Å². The Morgan fingerprint density at radius 2 is 1.72 bits per heavy atom. The number of aliphatic hydroxyl groups is 1. The molecule has 1 fully saturated rings. The van der Waals surface area contributed by atoms with Crippen molar-refractivity contribution in [1.82, 2.24) is 4.90 Å². The Morgan fingerprint density at radius 1 is 0.969 bits per heavy atom. The van der Waals surface area contributed by atoms with Crippen molar-refractivity contribution in [1.29, 1.82) is 0 Å². The summed E-state index contributed by atoms with van der Waals surface area (Å²) >= 11 is 18.6. The van der Waals surface area contributed by atoms with Crippen LogP contribution in [-0.4, -0.2) is 36.2 Å². The molecule has 0 aliphatic carbocycles. The molecule has 0 saturated carbocycles. The second-order valence-electron chi connectivity index (χ2n) is 8.26. The van der Waals surface area contributed by atoms with Crippen molar-refractivity contribution in [3.8, 4) is 5.75 Å². The number of fused-ring (bicyclic) bond motifs is 1. The highest BCUT2D eigenvalue weighted by atomic mass is 35.5. The Kier molecular flexibility index (Phi) is 7.34. The predicted molar refractivity (Wildman–Crippen MR) is 135 cm³/mol. The molecule has 3 aromatic rings. The van der Waals surface area contributed by atoms with Gasteiger partial charge in [-0.25, -0.2) is 0 Å². The first-order valence-corrected chi connectivity index (χ1v) is 11.8. The minimum absolute atomic E-state index is 0.00713. The molecule has 1 N–H and O–H groups in total. The molecule has 0 radical (unpaired) electrons. The molecule has 0 aromatic heterocycles. The van der Waals surface area contributed by atoms with E-state index >= 15 is 0 Å². The fourth-order valence-corrected chi connectivity index (χ4v) is 4.93. The van der Waals surface area contributed by atoms with Gasteiger partial charge in [0.15, 0.2) is 0 Å². The molecule has 1 saturated heterocycles. The van der Waals surface area contributed by atoms with Crippen LogP contribution in [0.5, 0.6) is 5.75 Å². The van der Waals surface area contributed by atoms with Gasteiger partial charge in [-0.1, -0.05) is 70.7 Å². The van der Waals surface area contributed by atoms with Gasteiger partial charge in [0.25, 0.3) is 0 Å². The normalized spacial score (nSPS) is 16.8. The van der Waals surface area contributed by atoms with Crippen LogP contribution in [0.4, 0.5) is 0 Å². The van der Waals surface area contributed by atoms with Gasteiger partial charge in [0.05, 0.1) is 28.3 Å². The summed E-state index contributed by atoms with van der Waals surface area (Å²) in [5.74, 6) is 0.652. The number of nitrogens with zero attached hydrogens (tertiary/aromatic N) is 1. The van der Waals surface area contributed by atoms with Crippen molar-refractivity contribution in [2.45, 2.75) is 31.9 Å². The molecule has 2 atom stereocenters. The number of hydrogen-bond donors (Lipinski definition) is 1. The summed E-state index contributed by atoms with van der Waals surface area (Å²) in [4.78, 5) is 2.35. The average Bonchev–Trinajstić information content (AvgIpc) is 2.81. The highest BCUT2D eigenvalue weighted by molar-refractivity contribution is 6.42. The molecule has 0 bridgehead atoms. The molecule has 0 spiro atoms. The van der Waals surface area contributed by atoms with Crippen LogP contribution < -0.4 is 4.74 Å². The molecule has 3 nitrogen and oxygen atoms in total. The zero-order chi connectivity index (χ0) is 22.8. The third-order valence-corrected chi connectivity index (χ3v) is 7.42. The Morgan fingerprint density at radius 3 is 2.41 bits per heavy atom. The van der Waals surface area contributed by atoms with Gasteiger partial charge in [-0.3, -0.25) is 4.90 Å². The largest absolute Gasteiger partial charge is 0.495 e. The average molecular weight is 491 g/mol. The number of piperidine rings is 1. The van der Waals surface area contributed by atoms with E-state index in [0.717, 1.165) is 47.8 Å². The number of methoxy groups -OCH3 is 1. The lowest BCUT2D eigenvalue weighted by atomic mass is 9.95. The zero-order valence-electron chi connectivity index (χ0n) is 18.1. The Hall–Kier alpha value is -1.75. The number of hydrogen-bond acceptors (Lipinski definition) is 3. The Labute approximate surface area is 204 Å². The Balaban J connectivity index is 1.44. The standard InChI is InChI=1S/C26H26Cl3NO2/c1-16(26(31)20-4-6-21-19(15-20)5-8-24(32-2)25(21)29)30-11-9-17(10-12-30)13-18-3-7-22(27)23(28)14-18/h3-8,13-16,26,31H,9-12H2,1-2H3. The van der Waals surface area contributed by atoms with Crippen molar-refractivity contribution in [2.75, 3.05) is 20.2 Å². The maximum absolute atomic E-state index is 11.1. The number of halogens is 3. The number of likely N-dealkylation sites (tertiary alicyclic amines) is 1. The van der Waals surface area contributed by atoms with Crippen LogP contribution in [0.2, 0.25) is 15.1 Å². The quantitative estimate of drug-likeness (QED) is 0.404. The third-order valence-electron chi connectivity index (χ3n) is 6.29. The van der Waals surface area contributed by atoms with Crippen LogP contribution in [0, 0.1) is 0 Å². The maximum atomic E-state index is 11.1. The first-order chi connectivity index (χ1) is 15.4. The van der Waals surface area contributed by atoms with Crippen molar-refractivity contribution in [3.05, 3.63) is 80.3 Å². The van der Waals surface area contributed by atoms with Gasteiger partial charge in [-0.2, -0.15) is 0 Å². The molecule has 3 aromatic carbocycles. The fourth-order valence-electron chi connectivity index (χ4n) is 4.31. The van der Waals surface area contributed by atoms with E-state index in [1.54, 1.807) is 7.11 Å². The van der Waals surface area contributed by atoms with E-state index in [1.165, 1.54) is 5.57 Å². The fraction of sp³-hybridized carbons (Fsp3) is 0.308. The van der Waals surface area contributed by atoms with Crippen molar-refractivity contribution in [2.24, 2.45) is 0 Å². The smallest absolute Gasteiger partial charge is 0.138 e.